The highest BCUT2D eigenvalue weighted by molar-refractivity contribution is 8.03. The first-order valence-electron chi connectivity index (χ1n) is 5.41. The van der Waals surface area contributed by atoms with Crippen LogP contribution in [0.1, 0.15) is 20.8 Å². The zero-order chi connectivity index (χ0) is 10.1. The van der Waals surface area contributed by atoms with Crippen molar-refractivity contribution in [2.75, 3.05) is 18.8 Å². The molecule has 0 aromatic carbocycles. The van der Waals surface area contributed by atoms with Crippen molar-refractivity contribution in [1.29, 1.82) is 0 Å². The topological polar surface area (TPSA) is 21.3 Å². The van der Waals surface area contributed by atoms with Crippen LogP contribution in [0.5, 0.6) is 0 Å². The van der Waals surface area contributed by atoms with Gasteiger partial charge in [-0.25, -0.2) is 0 Å². The Kier molecular flexibility index (Phi) is 3.07. The number of thioether (sulfide) groups is 1. The summed E-state index contributed by atoms with van der Waals surface area (Å²) in [4.78, 5) is 1.44. The molecule has 0 radical (unpaired) electrons. The van der Waals surface area contributed by atoms with Crippen LogP contribution in [0.25, 0.3) is 0 Å². The highest BCUT2D eigenvalue weighted by Gasteiger charge is 2.32. The van der Waals surface area contributed by atoms with Crippen molar-refractivity contribution in [3.63, 3.8) is 0 Å². The van der Waals surface area contributed by atoms with Crippen LogP contribution in [0.4, 0.5) is 0 Å². The Bertz CT molecular complexity index is 250. The zero-order valence-corrected chi connectivity index (χ0v) is 9.99. The van der Waals surface area contributed by atoms with Crippen LogP contribution >= 0.6 is 11.8 Å². The predicted molar refractivity (Wildman–Crippen MR) is 61.2 cm³/mol. The van der Waals surface area contributed by atoms with Gasteiger partial charge in [-0.15, -0.1) is 11.8 Å². The molecule has 0 saturated carbocycles. The van der Waals surface area contributed by atoms with E-state index in [0.717, 1.165) is 13.1 Å². The molecule has 0 amide bonds. The molecule has 0 aromatic rings. The molecule has 1 unspecified atom stereocenters. The van der Waals surface area contributed by atoms with E-state index in [1.807, 2.05) is 11.8 Å². The molecular weight excluding hydrogens is 194 g/mol. The van der Waals surface area contributed by atoms with Gasteiger partial charge in [0.15, 0.2) is 0 Å². The number of hydrogen-bond acceptors (Lipinski definition) is 3. The lowest BCUT2D eigenvalue weighted by Crippen LogP contribution is -2.25. The molecule has 0 fully saturated rings. The fraction of sp³-hybridized carbons (Fsp3) is 0.818. The molecule has 2 aliphatic heterocycles. The third-order valence-corrected chi connectivity index (χ3v) is 4.12. The lowest BCUT2D eigenvalue weighted by atomic mass is 9.95. The second kappa shape index (κ2) is 4.15. The summed E-state index contributed by atoms with van der Waals surface area (Å²) in [6.45, 7) is 8.69. The fourth-order valence-corrected chi connectivity index (χ4v) is 3.44. The Balaban J connectivity index is 2.16. The van der Waals surface area contributed by atoms with Gasteiger partial charge in [0.05, 0.1) is 0 Å². The Labute approximate surface area is 90.5 Å². The molecule has 1 N–H and O–H groups in total. The molecule has 2 aliphatic rings. The van der Waals surface area contributed by atoms with Crippen LogP contribution in [-0.2, 0) is 4.74 Å². The highest BCUT2D eigenvalue weighted by atomic mass is 32.2. The van der Waals surface area contributed by atoms with Gasteiger partial charge < -0.3 is 10.1 Å². The van der Waals surface area contributed by atoms with Gasteiger partial charge in [-0.05, 0) is 12.8 Å². The van der Waals surface area contributed by atoms with Gasteiger partial charge in [-0.3, -0.25) is 0 Å². The molecule has 0 spiro atoms. The van der Waals surface area contributed by atoms with Crippen molar-refractivity contribution < 1.29 is 4.74 Å². The number of allylic oxidation sites excluding steroid dienone is 1. The summed E-state index contributed by atoms with van der Waals surface area (Å²) in [5.41, 5.74) is 0. The van der Waals surface area contributed by atoms with Gasteiger partial charge in [0.25, 0.3) is 0 Å². The van der Waals surface area contributed by atoms with Gasteiger partial charge in [-0.2, -0.15) is 0 Å². The maximum Gasteiger partial charge on any atom is 0.111 e. The zero-order valence-electron chi connectivity index (χ0n) is 9.17. The number of rotatable bonds is 1. The first-order valence-corrected chi connectivity index (χ1v) is 6.40. The highest BCUT2D eigenvalue weighted by Crippen LogP contribution is 2.41. The minimum absolute atomic E-state index is 0.322. The molecule has 0 aromatic heterocycles. The Morgan fingerprint density at radius 3 is 3.00 bits per heavy atom. The van der Waals surface area contributed by atoms with E-state index in [9.17, 15) is 0 Å². The van der Waals surface area contributed by atoms with E-state index in [1.165, 1.54) is 16.4 Å². The average Bonchev–Trinajstić information content (AvgIpc) is 2.41. The molecule has 2 atom stereocenters. The lowest BCUT2D eigenvalue weighted by Gasteiger charge is -2.21. The van der Waals surface area contributed by atoms with Gasteiger partial charge in [-0.1, -0.05) is 13.8 Å². The van der Waals surface area contributed by atoms with Crippen LogP contribution < -0.4 is 5.32 Å². The second-order valence-corrected chi connectivity index (χ2v) is 5.62. The predicted octanol–water partition coefficient (Wildman–Crippen LogP) is 2.23. The summed E-state index contributed by atoms with van der Waals surface area (Å²) in [6, 6.07) is 0. The molecule has 80 valence electrons. The maximum absolute atomic E-state index is 6.01. The minimum atomic E-state index is 0.322. The molecule has 0 saturated heterocycles. The molecule has 14 heavy (non-hydrogen) atoms. The first-order chi connectivity index (χ1) is 6.68. The van der Waals surface area contributed by atoms with Gasteiger partial charge >= 0.3 is 0 Å². The van der Waals surface area contributed by atoms with E-state index in [2.05, 4.69) is 26.1 Å². The number of ether oxygens (including phenoxy) is 1. The Hall–Kier alpha value is -0.150. The van der Waals surface area contributed by atoms with Crippen molar-refractivity contribution in [3.05, 3.63) is 10.7 Å². The smallest absolute Gasteiger partial charge is 0.111 e. The van der Waals surface area contributed by atoms with Crippen LogP contribution in [0.3, 0.4) is 0 Å². The molecular formula is C11H19NOS. The summed E-state index contributed by atoms with van der Waals surface area (Å²) in [7, 11) is 0. The molecule has 2 rings (SSSR count). The van der Waals surface area contributed by atoms with Crippen molar-refractivity contribution in [3.8, 4) is 0 Å². The van der Waals surface area contributed by atoms with E-state index >= 15 is 0 Å². The van der Waals surface area contributed by atoms with Crippen molar-refractivity contribution in [2.24, 2.45) is 11.8 Å². The van der Waals surface area contributed by atoms with Gasteiger partial charge in [0, 0.05) is 29.7 Å². The van der Waals surface area contributed by atoms with Crippen molar-refractivity contribution >= 4 is 11.8 Å². The average molecular weight is 213 g/mol. The molecule has 2 heterocycles. The molecule has 0 bridgehead atoms. The molecule has 0 aliphatic carbocycles. The van der Waals surface area contributed by atoms with Crippen LogP contribution in [-0.4, -0.2) is 24.9 Å². The third-order valence-electron chi connectivity index (χ3n) is 2.90. The van der Waals surface area contributed by atoms with E-state index in [0.29, 0.717) is 17.9 Å². The monoisotopic (exact) mass is 213 g/mol. The first kappa shape index (κ1) is 10.4. The van der Waals surface area contributed by atoms with E-state index in [1.54, 1.807) is 0 Å². The normalized spacial score (nSPS) is 32.9. The summed E-state index contributed by atoms with van der Waals surface area (Å²) in [6.07, 6.45) is 0.322. The van der Waals surface area contributed by atoms with Crippen LogP contribution in [0, 0.1) is 11.8 Å². The Morgan fingerprint density at radius 1 is 1.50 bits per heavy atom. The second-order valence-electron chi connectivity index (χ2n) is 4.51. The van der Waals surface area contributed by atoms with Crippen LogP contribution in [0.15, 0.2) is 10.7 Å². The van der Waals surface area contributed by atoms with Crippen LogP contribution in [0.2, 0.25) is 0 Å². The third kappa shape index (κ3) is 1.94. The molecule has 3 heteroatoms. The van der Waals surface area contributed by atoms with E-state index in [4.69, 9.17) is 4.74 Å². The van der Waals surface area contributed by atoms with E-state index < -0.39 is 0 Å². The fourth-order valence-electron chi connectivity index (χ4n) is 1.98. The maximum atomic E-state index is 6.01. The van der Waals surface area contributed by atoms with Crippen molar-refractivity contribution in [2.45, 2.75) is 26.9 Å². The number of hydrogen-bond donors (Lipinski definition) is 1. The van der Waals surface area contributed by atoms with E-state index in [-0.39, 0.29) is 0 Å². The Morgan fingerprint density at radius 2 is 2.29 bits per heavy atom. The lowest BCUT2D eigenvalue weighted by molar-refractivity contribution is 0.108. The summed E-state index contributed by atoms with van der Waals surface area (Å²) in [5.74, 6) is 3.82. The standard InChI is InChI=1S/C11H19NOS/c1-7(2)9-6-14-10-5-12-4-8(3)13-11(9)10/h7-9,12H,4-6H2,1-3H3/t8-,9?/m0/s1. The van der Waals surface area contributed by atoms with Crippen molar-refractivity contribution in [1.82, 2.24) is 5.32 Å². The number of nitrogens with one attached hydrogen (secondary N) is 1. The van der Waals surface area contributed by atoms with Gasteiger partial charge in [0.2, 0.25) is 0 Å². The SMILES string of the molecule is CC(C)C1CSC2=C1O[C@@H](C)CNC2. The summed E-state index contributed by atoms with van der Waals surface area (Å²) < 4.78 is 6.01. The summed E-state index contributed by atoms with van der Waals surface area (Å²) >= 11 is 1.97. The summed E-state index contributed by atoms with van der Waals surface area (Å²) in [5, 5.41) is 3.42. The quantitative estimate of drug-likeness (QED) is 0.721. The van der Waals surface area contributed by atoms with Gasteiger partial charge in [0.1, 0.15) is 11.9 Å². The minimum Gasteiger partial charge on any atom is -0.493 e. The molecule has 2 nitrogen and oxygen atoms in total. The largest absolute Gasteiger partial charge is 0.493 e.